The summed E-state index contributed by atoms with van der Waals surface area (Å²) < 4.78 is 5.34. The van der Waals surface area contributed by atoms with Gasteiger partial charge in [0.05, 0.1) is 17.8 Å². The van der Waals surface area contributed by atoms with Crippen LogP contribution in [-0.2, 0) is 19.1 Å². The SMILES string of the molecule is CC(C)=C[C@@H]1[C@@H](C(=O)OCN2C(=O)C3CC=CCC3C2=O)C1(C)C. The molecule has 1 aliphatic heterocycles. The molecule has 2 aliphatic carbocycles. The van der Waals surface area contributed by atoms with Gasteiger partial charge in [-0.2, -0.15) is 0 Å². The van der Waals surface area contributed by atoms with E-state index in [-0.39, 0.29) is 53.6 Å². The van der Waals surface area contributed by atoms with E-state index in [4.69, 9.17) is 4.74 Å². The first-order chi connectivity index (χ1) is 11.2. The minimum absolute atomic E-state index is 0.134. The number of imide groups is 1. The van der Waals surface area contributed by atoms with E-state index in [2.05, 4.69) is 6.08 Å². The number of carbonyl (C=O) groups excluding carboxylic acids is 3. The molecule has 0 aromatic heterocycles. The third kappa shape index (κ3) is 2.70. The zero-order valence-electron chi connectivity index (χ0n) is 14.7. The average molecular weight is 331 g/mol. The number of hydrogen-bond donors (Lipinski definition) is 0. The summed E-state index contributed by atoms with van der Waals surface area (Å²) in [5.41, 5.74) is 1.04. The Bertz CT molecular complexity index is 616. The molecule has 3 aliphatic rings. The van der Waals surface area contributed by atoms with Gasteiger partial charge in [-0.05, 0) is 38.0 Å². The molecule has 5 nitrogen and oxygen atoms in total. The minimum atomic E-state index is -0.323. The maximum absolute atomic E-state index is 12.4. The van der Waals surface area contributed by atoms with Crippen molar-refractivity contribution in [3.63, 3.8) is 0 Å². The molecule has 1 saturated carbocycles. The topological polar surface area (TPSA) is 63.7 Å². The first-order valence-corrected chi connectivity index (χ1v) is 8.57. The Morgan fingerprint density at radius 2 is 1.75 bits per heavy atom. The fourth-order valence-electron chi connectivity index (χ4n) is 4.01. The highest BCUT2D eigenvalue weighted by atomic mass is 16.5. The number of carbonyl (C=O) groups is 3. The minimum Gasteiger partial charge on any atom is -0.443 e. The summed E-state index contributed by atoms with van der Waals surface area (Å²) in [5.74, 6) is -1.35. The number of amides is 2. The largest absolute Gasteiger partial charge is 0.443 e. The third-order valence-corrected chi connectivity index (χ3v) is 5.61. The second kappa shape index (κ2) is 5.87. The molecule has 0 N–H and O–H groups in total. The standard InChI is InChI=1S/C19H25NO4/c1-11(2)9-14-15(19(14,3)4)18(23)24-10-20-16(21)12-7-5-6-8-13(12)17(20)22/h5-6,9,12-15H,7-8,10H2,1-4H3/t12?,13?,14-,15+/m1/s1. The molecular weight excluding hydrogens is 306 g/mol. The van der Waals surface area contributed by atoms with Gasteiger partial charge < -0.3 is 4.74 Å². The summed E-state index contributed by atoms with van der Waals surface area (Å²) in [6.45, 7) is 7.84. The van der Waals surface area contributed by atoms with E-state index >= 15 is 0 Å². The van der Waals surface area contributed by atoms with Crippen LogP contribution in [0.25, 0.3) is 0 Å². The number of allylic oxidation sites excluding steroid dienone is 4. The van der Waals surface area contributed by atoms with Gasteiger partial charge in [-0.15, -0.1) is 0 Å². The van der Waals surface area contributed by atoms with Crippen LogP contribution in [0.1, 0.15) is 40.5 Å². The van der Waals surface area contributed by atoms with Gasteiger partial charge in [0.1, 0.15) is 0 Å². The van der Waals surface area contributed by atoms with Crippen molar-refractivity contribution in [2.45, 2.75) is 40.5 Å². The highest BCUT2D eigenvalue weighted by Gasteiger charge is 2.61. The van der Waals surface area contributed by atoms with Crippen LogP contribution >= 0.6 is 0 Å². The Labute approximate surface area is 142 Å². The number of fused-ring (bicyclic) bond motifs is 1. The Balaban J connectivity index is 1.61. The van der Waals surface area contributed by atoms with E-state index in [9.17, 15) is 14.4 Å². The lowest BCUT2D eigenvalue weighted by Crippen LogP contribution is -2.34. The molecule has 4 atom stereocenters. The Hall–Kier alpha value is -1.91. The molecule has 1 saturated heterocycles. The molecule has 0 spiro atoms. The van der Waals surface area contributed by atoms with E-state index < -0.39 is 0 Å². The highest BCUT2D eigenvalue weighted by Crippen LogP contribution is 2.59. The summed E-state index contributed by atoms with van der Waals surface area (Å²) in [6.07, 6.45) is 7.17. The van der Waals surface area contributed by atoms with E-state index in [1.807, 2.05) is 39.8 Å². The van der Waals surface area contributed by atoms with E-state index in [1.54, 1.807) is 0 Å². The smallest absolute Gasteiger partial charge is 0.311 e. The van der Waals surface area contributed by atoms with Crippen LogP contribution in [0.4, 0.5) is 0 Å². The number of likely N-dealkylation sites (tertiary alicyclic amines) is 1. The molecule has 0 radical (unpaired) electrons. The van der Waals surface area contributed by atoms with E-state index in [0.29, 0.717) is 12.8 Å². The summed E-state index contributed by atoms with van der Waals surface area (Å²) in [5, 5.41) is 0. The van der Waals surface area contributed by atoms with Crippen LogP contribution in [0.15, 0.2) is 23.8 Å². The van der Waals surface area contributed by atoms with Crippen LogP contribution in [0.3, 0.4) is 0 Å². The number of hydrogen-bond acceptors (Lipinski definition) is 4. The molecule has 1 heterocycles. The maximum atomic E-state index is 12.4. The third-order valence-electron chi connectivity index (χ3n) is 5.61. The van der Waals surface area contributed by atoms with Crippen LogP contribution in [0, 0.1) is 29.1 Å². The second-order valence-corrected chi connectivity index (χ2v) is 7.92. The van der Waals surface area contributed by atoms with Crippen molar-refractivity contribution >= 4 is 17.8 Å². The average Bonchev–Trinajstić information content (AvgIpc) is 2.96. The van der Waals surface area contributed by atoms with Gasteiger partial charge in [0.2, 0.25) is 11.8 Å². The Morgan fingerprint density at radius 1 is 1.21 bits per heavy atom. The molecule has 0 bridgehead atoms. The van der Waals surface area contributed by atoms with Crippen molar-refractivity contribution in [1.82, 2.24) is 4.90 Å². The summed E-state index contributed by atoms with van der Waals surface area (Å²) in [4.78, 5) is 38.2. The number of ether oxygens (including phenoxy) is 1. The Kier molecular flexibility index (Phi) is 4.14. The van der Waals surface area contributed by atoms with Gasteiger partial charge in [0, 0.05) is 0 Å². The molecule has 5 heteroatoms. The molecule has 0 aromatic rings. The van der Waals surface area contributed by atoms with Crippen LogP contribution in [0.5, 0.6) is 0 Å². The maximum Gasteiger partial charge on any atom is 0.311 e. The zero-order chi connectivity index (χ0) is 17.6. The van der Waals surface area contributed by atoms with Crippen molar-refractivity contribution in [3.8, 4) is 0 Å². The second-order valence-electron chi connectivity index (χ2n) is 7.92. The zero-order valence-corrected chi connectivity index (χ0v) is 14.7. The normalized spacial score (nSPS) is 33.2. The quantitative estimate of drug-likeness (QED) is 0.451. The van der Waals surface area contributed by atoms with Crippen molar-refractivity contribution in [2.24, 2.45) is 29.1 Å². The number of rotatable bonds is 4. The molecule has 24 heavy (non-hydrogen) atoms. The number of esters is 1. The highest BCUT2D eigenvalue weighted by molar-refractivity contribution is 6.05. The monoisotopic (exact) mass is 331 g/mol. The molecule has 130 valence electrons. The molecule has 2 amide bonds. The van der Waals surface area contributed by atoms with Crippen molar-refractivity contribution in [1.29, 1.82) is 0 Å². The Morgan fingerprint density at radius 3 is 2.25 bits per heavy atom. The predicted molar refractivity (Wildman–Crippen MR) is 88.4 cm³/mol. The van der Waals surface area contributed by atoms with E-state index in [1.165, 1.54) is 5.57 Å². The molecule has 3 rings (SSSR count). The molecule has 0 aromatic carbocycles. The van der Waals surface area contributed by atoms with Crippen LogP contribution < -0.4 is 0 Å². The fourth-order valence-corrected chi connectivity index (χ4v) is 4.01. The number of nitrogens with zero attached hydrogens (tertiary/aromatic N) is 1. The van der Waals surface area contributed by atoms with Crippen molar-refractivity contribution in [2.75, 3.05) is 6.73 Å². The van der Waals surface area contributed by atoms with Gasteiger partial charge in [0.15, 0.2) is 6.73 Å². The van der Waals surface area contributed by atoms with Gasteiger partial charge in [0.25, 0.3) is 0 Å². The van der Waals surface area contributed by atoms with Crippen molar-refractivity contribution < 1.29 is 19.1 Å². The lowest BCUT2D eigenvalue weighted by molar-refractivity contribution is -0.157. The van der Waals surface area contributed by atoms with Crippen LogP contribution in [0.2, 0.25) is 0 Å². The van der Waals surface area contributed by atoms with Gasteiger partial charge in [-0.25, -0.2) is 4.90 Å². The van der Waals surface area contributed by atoms with Gasteiger partial charge in [-0.3, -0.25) is 14.4 Å². The lowest BCUT2D eigenvalue weighted by Gasteiger charge is -2.15. The van der Waals surface area contributed by atoms with Crippen molar-refractivity contribution in [3.05, 3.63) is 23.8 Å². The molecule has 2 fully saturated rings. The van der Waals surface area contributed by atoms with Crippen LogP contribution in [-0.4, -0.2) is 29.4 Å². The molecular formula is C19H25NO4. The fraction of sp³-hybridized carbons (Fsp3) is 0.632. The summed E-state index contributed by atoms with van der Waals surface area (Å²) in [7, 11) is 0. The predicted octanol–water partition coefficient (Wildman–Crippen LogP) is 2.68. The van der Waals surface area contributed by atoms with Gasteiger partial charge >= 0.3 is 5.97 Å². The van der Waals surface area contributed by atoms with E-state index in [0.717, 1.165) is 4.90 Å². The summed E-state index contributed by atoms with van der Waals surface area (Å²) in [6, 6.07) is 0. The lowest BCUT2D eigenvalue weighted by atomic mass is 9.85. The molecule has 2 unspecified atom stereocenters. The first kappa shape index (κ1) is 16.9. The first-order valence-electron chi connectivity index (χ1n) is 8.57. The van der Waals surface area contributed by atoms with Gasteiger partial charge in [-0.1, -0.05) is 37.6 Å². The summed E-state index contributed by atoms with van der Waals surface area (Å²) >= 11 is 0.